The van der Waals surface area contributed by atoms with Crippen molar-refractivity contribution in [1.82, 2.24) is 4.98 Å². The number of anilines is 1. The van der Waals surface area contributed by atoms with E-state index >= 15 is 0 Å². The monoisotopic (exact) mass is 340 g/mol. The standard InChI is InChI=1S/C19H20N2O4/c1-4-25-16(22)10-21-15-9-20-18(23)12(3)17(15)14-8-6-5-7-13(14)11(2)19(21)24/h5-9,11H,4,10H2,1-3H3,(H,20,23). The smallest absolute Gasteiger partial charge is 0.326 e. The number of carbonyl (C=O) groups is 2. The Kier molecular flexibility index (Phi) is 4.44. The van der Waals surface area contributed by atoms with Crippen LogP contribution in [0.3, 0.4) is 0 Å². The number of fused-ring (bicyclic) bond motifs is 3. The number of hydrogen-bond acceptors (Lipinski definition) is 4. The van der Waals surface area contributed by atoms with Crippen molar-refractivity contribution in [2.75, 3.05) is 18.1 Å². The second kappa shape index (κ2) is 6.55. The Morgan fingerprint density at radius 3 is 2.72 bits per heavy atom. The zero-order valence-electron chi connectivity index (χ0n) is 14.5. The summed E-state index contributed by atoms with van der Waals surface area (Å²) in [5.41, 5.74) is 3.18. The van der Waals surface area contributed by atoms with Gasteiger partial charge in [-0.25, -0.2) is 0 Å². The summed E-state index contributed by atoms with van der Waals surface area (Å²) >= 11 is 0. The molecule has 0 radical (unpaired) electrons. The first-order valence-electron chi connectivity index (χ1n) is 8.24. The molecular formula is C19H20N2O4. The number of nitrogens with one attached hydrogen (secondary N) is 1. The van der Waals surface area contributed by atoms with Gasteiger partial charge in [-0.3, -0.25) is 19.3 Å². The summed E-state index contributed by atoms with van der Waals surface area (Å²) < 4.78 is 5.01. The quantitative estimate of drug-likeness (QED) is 0.870. The highest BCUT2D eigenvalue weighted by Gasteiger charge is 2.33. The fourth-order valence-electron chi connectivity index (χ4n) is 3.26. The average molecular weight is 340 g/mol. The third-order valence-electron chi connectivity index (χ3n) is 4.53. The Morgan fingerprint density at radius 1 is 1.28 bits per heavy atom. The minimum atomic E-state index is -0.483. The topological polar surface area (TPSA) is 79.5 Å². The molecule has 0 aliphatic carbocycles. The van der Waals surface area contributed by atoms with Gasteiger partial charge in [-0.05, 0) is 31.9 Å². The van der Waals surface area contributed by atoms with Gasteiger partial charge in [0.15, 0.2) is 0 Å². The van der Waals surface area contributed by atoms with Crippen molar-refractivity contribution in [2.45, 2.75) is 26.7 Å². The zero-order valence-corrected chi connectivity index (χ0v) is 14.5. The Labute approximate surface area is 145 Å². The third-order valence-corrected chi connectivity index (χ3v) is 4.53. The first-order chi connectivity index (χ1) is 12.0. The van der Waals surface area contributed by atoms with Crippen LogP contribution in [0.1, 0.15) is 30.9 Å². The van der Waals surface area contributed by atoms with E-state index in [9.17, 15) is 14.4 Å². The number of aromatic nitrogens is 1. The van der Waals surface area contributed by atoms with Crippen LogP contribution in [0.15, 0.2) is 35.3 Å². The van der Waals surface area contributed by atoms with Gasteiger partial charge < -0.3 is 9.72 Å². The summed E-state index contributed by atoms with van der Waals surface area (Å²) in [6.07, 6.45) is 1.50. The first kappa shape index (κ1) is 17.0. The van der Waals surface area contributed by atoms with E-state index in [2.05, 4.69) is 4.98 Å². The third kappa shape index (κ3) is 2.84. The molecule has 1 aliphatic heterocycles. The largest absolute Gasteiger partial charge is 0.465 e. The zero-order chi connectivity index (χ0) is 18.1. The lowest BCUT2D eigenvalue weighted by Gasteiger charge is -2.24. The molecule has 1 aromatic heterocycles. The molecule has 1 unspecified atom stereocenters. The van der Waals surface area contributed by atoms with Crippen LogP contribution < -0.4 is 10.5 Å². The average Bonchev–Trinajstić information content (AvgIpc) is 2.68. The predicted octanol–water partition coefficient (Wildman–Crippen LogP) is 2.36. The summed E-state index contributed by atoms with van der Waals surface area (Å²) in [7, 11) is 0. The molecular weight excluding hydrogens is 320 g/mol. The lowest BCUT2D eigenvalue weighted by atomic mass is 9.91. The van der Waals surface area contributed by atoms with Crippen molar-refractivity contribution >= 4 is 17.6 Å². The molecule has 1 aliphatic rings. The van der Waals surface area contributed by atoms with E-state index in [1.807, 2.05) is 31.2 Å². The molecule has 3 rings (SSSR count). The molecule has 1 amide bonds. The van der Waals surface area contributed by atoms with Gasteiger partial charge in [0.1, 0.15) is 6.54 Å². The molecule has 1 atom stereocenters. The van der Waals surface area contributed by atoms with E-state index in [0.717, 1.165) is 11.1 Å². The maximum Gasteiger partial charge on any atom is 0.326 e. The van der Waals surface area contributed by atoms with Gasteiger partial charge in [0.05, 0.1) is 18.2 Å². The van der Waals surface area contributed by atoms with E-state index in [4.69, 9.17) is 4.74 Å². The van der Waals surface area contributed by atoms with Gasteiger partial charge >= 0.3 is 5.97 Å². The highest BCUT2D eigenvalue weighted by Crippen LogP contribution is 2.41. The van der Waals surface area contributed by atoms with Crippen LogP contribution >= 0.6 is 0 Å². The molecule has 0 saturated heterocycles. The van der Waals surface area contributed by atoms with Crippen molar-refractivity contribution in [3.05, 3.63) is 51.9 Å². The number of pyridine rings is 1. The van der Waals surface area contributed by atoms with Crippen molar-refractivity contribution in [1.29, 1.82) is 0 Å². The Balaban J connectivity index is 2.26. The molecule has 25 heavy (non-hydrogen) atoms. The van der Waals surface area contributed by atoms with Gasteiger partial charge in [-0.2, -0.15) is 0 Å². The summed E-state index contributed by atoms with van der Waals surface area (Å²) in [5.74, 6) is -1.12. The van der Waals surface area contributed by atoms with Gasteiger partial charge in [0.25, 0.3) is 5.56 Å². The maximum atomic E-state index is 13.0. The minimum absolute atomic E-state index is 0.191. The number of hydrogen-bond donors (Lipinski definition) is 1. The molecule has 6 heteroatoms. The summed E-state index contributed by atoms with van der Waals surface area (Å²) in [5, 5.41) is 0. The number of nitrogens with zero attached hydrogens (tertiary/aromatic N) is 1. The molecule has 6 nitrogen and oxygen atoms in total. The van der Waals surface area contributed by atoms with Gasteiger partial charge in [-0.1, -0.05) is 24.3 Å². The van der Waals surface area contributed by atoms with Crippen LogP contribution in [-0.4, -0.2) is 30.0 Å². The molecule has 130 valence electrons. The van der Waals surface area contributed by atoms with Crippen LogP contribution in [0, 0.1) is 6.92 Å². The molecule has 0 bridgehead atoms. The fraction of sp³-hybridized carbons (Fsp3) is 0.316. The number of rotatable bonds is 3. The molecule has 2 heterocycles. The SMILES string of the molecule is CCOC(=O)CN1C(=O)C(C)c2ccccc2-c2c1c[nH]c(=O)c2C. The van der Waals surface area contributed by atoms with E-state index in [1.54, 1.807) is 13.8 Å². The Bertz CT molecular complexity index is 901. The van der Waals surface area contributed by atoms with E-state index in [0.29, 0.717) is 16.8 Å². The number of esters is 1. The van der Waals surface area contributed by atoms with Crippen LogP contribution in [0.25, 0.3) is 11.1 Å². The summed E-state index contributed by atoms with van der Waals surface area (Å²) in [6, 6.07) is 7.53. The van der Waals surface area contributed by atoms with Crippen LogP contribution in [0.4, 0.5) is 5.69 Å². The van der Waals surface area contributed by atoms with Crippen LogP contribution in [-0.2, 0) is 14.3 Å². The van der Waals surface area contributed by atoms with E-state index in [-0.39, 0.29) is 24.6 Å². The van der Waals surface area contributed by atoms with Crippen molar-refractivity contribution in [3.8, 4) is 11.1 Å². The molecule has 2 aromatic rings. The second-order valence-electron chi connectivity index (χ2n) is 6.04. The molecule has 1 aromatic carbocycles. The minimum Gasteiger partial charge on any atom is -0.465 e. The van der Waals surface area contributed by atoms with Crippen molar-refractivity contribution in [2.24, 2.45) is 0 Å². The number of benzene rings is 1. The number of H-pyrrole nitrogens is 1. The predicted molar refractivity (Wildman–Crippen MR) is 94.6 cm³/mol. The normalized spacial score (nSPS) is 16.0. The van der Waals surface area contributed by atoms with Crippen molar-refractivity contribution in [3.63, 3.8) is 0 Å². The number of carbonyl (C=O) groups excluding carboxylic acids is 2. The van der Waals surface area contributed by atoms with E-state index in [1.165, 1.54) is 11.1 Å². The van der Waals surface area contributed by atoms with Gasteiger partial charge in [-0.15, -0.1) is 0 Å². The Hall–Kier alpha value is -2.89. The molecule has 0 fully saturated rings. The second-order valence-corrected chi connectivity index (χ2v) is 6.04. The number of ether oxygens (including phenoxy) is 1. The van der Waals surface area contributed by atoms with E-state index < -0.39 is 11.9 Å². The van der Waals surface area contributed by atoms with Gasteiger partial charge in [0.2, 0.25) is 5.91 Å². The first-order valence-corrected chi connectivity index (χ1v) is 8.24. The number of aromatic amines is 1. The lowest BCUT2D eigenvalue weighted by molar-refractivity contribution is -0.142. The summed E-state index contributed by atoms with van der Waals surface area (Å²) in [4.78, 5) is 41.3. The molecule has 1 N–H and O–H groups in total. The Morgan fingerprint density at radius 2 is 2.00 bits per heavy atom. The summed E-state index contributed by atoms with van der Waals surface area (Å²) in [6.45, 7) is 5.30. The number of amides is 1. The van der Waals surface area contributed by atoms with Crippen LogP contribution in [0.5, 0.6) is 0 Å². The van der Waals surface area contributed by atoms with Crippen molar-refractivity contribution < 1.29 is 14.3 Å². The van der Waals surface area contributed by atoms with Gasteiger partial charge in [0, 0.05) is 17.3 Å². The lowest BCUT2D eigenvalue weighted by Crippen LogP contribution is -2.39. The van der Waals surface area contributed by atoms with Crippen LogP contribution in [0.2, 0.25) is 0 Å². The highest BCUT2D eigenvalue weighted by molar-refractivity contribution is 6.07. The highest BCUT2D eigenvalue weighted by atomic mass is 16.5. The maximum absolute atomic E-state index is 13.0. The fourth-order valence-corrected chi connectivity index (χ4v) is 3.26. The molecule has 0 spiro atoms. The molecule has 0 saturated carbocycles.